The zero-order valence-electron chi connectivity index (χ0n) is 15.3. The van der Waals surface area contributed by atoms with Gasteiger partial charge >= 0.3 is 0 Å². The molecule has 1 fully saturated rings. The van der Waals surface area contributed by atoms with Crippen LogP contribution in [0, 0.1) is 6.92 Å². The predicted octanol–water partition coefficient (Wildman–Crippen LogP) is 4.23. The van der Waals surface area contributed by atoms with Gasteiger partial charge in [0, 0.05) is 46.4 Å². The van der Waals surface area contributed by atoms with Crippen molar-refractivity contribution in [2.75, 3.05) is 26.8 Å². The molecule has 0 saturated carbocycles. The van der Waals surface area contributed by atoms with Crippen molar-refractivity contribution in [1.82, 2.24) is 10.6 Å². The molecule has 0 bridgehead atoms. The Bertz CT molecular complexity index is 736. The molecular formula is C20H26BrN3OS. The number of guanidine groups is 1. The second-order valence-corrected chi connectivity index (χ2v) is 8.98. The lowest BCUT2D eigenvalue weighted by atomic mass is 9.74. The van der Waals surface area contributed by atoms with E-state index in [1.165, 1.54) is 15.3 Å². The number of hydrogen-bond donors (Lipinski definition) is 2. The Labute approximate surface area is 168 Å². The summed E-state index contributed by atoms with van der Waals surface area (Å²) in [6.07, 6.45) is 2.03. The third-order valence-corrected chi connectivity index (χ3v) is 6.48. The average Bonchev–Trinajstić information content (AvgIpc) is 3.08. The minimum Gasteiger partial charge on any atom is -0.381 e. The third-order valence-electron chi connectivity index (χ3n) is 4.95. The van der Waals surface area contributed by atoms with Crippen LogP contribution in [0.3, 0.4) is 0 Å². The molecule has 26 heavy (non-hydrogen) atoms. The first-order valence-corrected chi connectivity index (χ1v) is 10.6. The van der Waals surface area contributed by atoms with Gasteiger partial charge in [0.1, 0.15) is 0 Å². The molecule has 0 amide bonds. The van der Waals surface area contributed by atoms with Gasteiger partial charge in [-0.05, 0) is 49.6 Å². The molecule has 4 nitrogen and oxygen atoms in total. The molecule has 1 saturated heterocycles. The highest BCUT2D eigenvalue weighted by Gasteiger charge is 2.34. The highest BCUT2D eigenvalue weighted by molar-refractivity contribution is 9.10. The van der Waals surface area contributed by atoms with E-state index in [0.717, 1.165) is 49.6 Å². The van der Waals surface area contributed by atoms with Crippen LogP contribution in [0.2, 0.25) is 0 Å². The first-order valence-electron chi connectivity index (χ1n) is 8.95. The zero-order chi connectivity index (χ0) is 18.4. The fourth-order valence-corrected chi connectivity index (χ4v) is 4.45. The van der Waals surface area contributed by atoms with Crippen LogP contribution in [0.15, 0.2) is 45.9 Å². The van der Waals surface area contributed by atoms with Crippen LogP contribution in [0.1, 0.15) is 28.2 Å². The molecule has 0 atom stereocenters. The lowest BCUT2D eigenvalue weighted by Gasteiger charge is -2.38. The first-order chi connectivity index (χ1) is 12.6. The topological polar surface area (TPSA) is 45.7 Å². The van der Waals surface area contributed by atoms with Gasteiger partial charge in [-0.1, -0.05) is 28.1 Å². The Hall–Kier alpha value is -1.37. The number of ether oxygens (including phenoxy) is 1. The van der Waals surface area contributed by atoms with E-state index in [2.05, 4.69) is 74.9 Å². The standard InChI is InChI=1S/C20H26BrN3OS/c1-15-3-8-18(26-15)13-23-19(22-2)24-14-20(9-11-25-12-10-20)16-4-6-17(21)7-5-16/h3-8H,9-14H2,1-2H3,(H2,22,23,24). The SMILES string of the molecule is CN=C(NCc1ccc(C)s1)NCC1(c2ccc(Br)cc2)CCOCC1. The molecule has 1 aromatic heterocycles. The lowest BCUT2D eigenvalue weighted by Crippen LogP contribution is -2.47. The third kappa shape index (κ3) is 4.87. The Balaban J connectivity index is 1.65. The molecule has 2 heterocycles. The molecule has 1 aromatic carbocycles. The van der Waals surface area contributed by atoms with Crippen molar-refractivity contribution < 1.29 is 4.74 Å². The lowest BCUT2D eigenvalue weighted by molar-refractivity contribution is 0.0514. The van der Waals surface area contributed by atoms with Crippen LogP contribution in [0.25, 0.3) is 0 Å². The van der Waals surface area contributed by atoms with E-state index >= 15 is 0 Å². The Kier molecular flexibility index (Phi) is 6.73. The summed E-state index contributed by atoms with van der Waals surface area (Å²) in [6, 6.07) is 13.0. The van der Waals surface area contributed by atoms with Crippen molar-refractivity contribution in [3.63, 3.8) is 0 Å². The van der Waals surface area contributed by atoms with Crippen LogP contribution in [-0.2, 0) is 16.7 Å². The minimum atomic E-state index is 0.0795. The highest BCUT2D eigenvalue weighted by Crippen LogP contribution is 2.34. The van der Waals surface area contributed by atoms with Gasteiger partial charge in [0.05, 0.1) is 6.54 Å². The van der Waals surface area contributed by atoms with Crippen molar-refractivity contribution >= 4 is 33.2 Å². The molecule has 2 N–H and O–H groups in total. The number of rotatable bonds is 5. The Morgan fingerprint density at radius 2 is 1.88 bits per heavy atom. The van der Waals surface area contributed by atoms with Crippen LogP contribution in [-0.4, -0.2) is 32.8 Å². The largest absolute Gasteiger partial charge is 0.381 e. The van der Waals surface area contributed by atoms with Crippen molar-refractivity contribution in [3.05, 3.63) is 56.2 Å². The minimum absolute atomic E-state index is 0.0795. The number of thiophene rings is 1. The molecule has 140 valence electrons. The maximum Gasteiger partial charge on any atom is 0.191 e. The van der Waals surface area contributed by atoms with E-state index in [1.54, 1.807) is 0 Å². The van der Waals surface area contributed by atoms with Crippen molar-refractivity contribution in [1.29, 1.82) is 0 Å². The van der Waals surface area contributed by atoms with Gasteiger partial charge < -0.3 is 15.4 Å². The van der Waals surface area contributed by atoms with E-state index in [4.69, 9.17) is 4.74 Å². The monoisotopic (exact) mass is 435 g/mol. The molecule has 0 unspecified atom stereocenters. The van der Waals surface area contributed by atoms with Gasteiger partial charge in [0.15, 0.2) is 5.96 Å². The molecular weight excluding hydrogens is 410 g/mol. The van der Waals surface area contributed by atoms with Crippen LogP contribution in [0.4, 0.5) is 0 Å². The van der Waals surface area contributed by atoms with Crippen LogP contribution in [0.5, 0.6) is 0 Å². The summed E-state index contributed by atoms with van der Waals surface area (Å²) >= 11 is 5.35. The van der Waals surface area contributed by atoms with Crippen LogP contribution < -0.4 is 10.6 Å². The fourth-order valence-electron chi connectivity index (χ4n) is 3.36. The summed E-state index contributed by atoms with van der Waals surface area (Å²) in [4.78, 5) is 7.05. The summed E-state index contributed by atoms with van der Waals surface area (Å²) in [5, 5.41) is 6.97. The highest BCUT2D eigenvalue weighted by atomic mass is 79.9. The average molecular weight is 436 g/mol. The van der Waals surface area contributed by atoms with E-state index in [0.29, 0.717) is 0 Å². The number of halogens is 1. The second kappa shape index (κ2) is 9.02. The predicted molar refractivity (Wildman–Crippen MR) is 113 cm³/mol. The summed E-state index contributed by atoms with van der Waals surface area (Å²) in [5.41, 5.74) is 1.44. The molecule has 6 heteroatoms. The summed E-state index contributed by atoms with van der Waals surface area (Å²) < 4.78 is 6.74. The van der Waals surface area contributed by atoms with Gasteiger partial charge in [0.2, 0.25) is 0 Å². The van der Waals surface area contributed by atoms with Gasteiger partial charge in [-0.25, -0.2) is 0 Å². The summed E-state index contributed by atoms with van der Waals surface area (Å²) in [5.74, 6) is 0.846. The normalized spacial score (nSPS) is 17.1. The number of nitrogens with zero attached hydrogens (tertiary/aromatic N) is 1. The Morgan fingerprint density at radius 3 is 2.50 bits per heavy atom. The molecule has 0 aliphatic carbocycles. The molecule has 0 radical (unpaired) electrons. The van der Waals surface area contributed by atoms with E-state index < -0.39 is 0 Å². The molecule has 3 rings (SSSR count). The maximum absolute atomic E-state index is 5.63. The second-order valence-electron chi connectivity index (χ2n) is 6.69. The van der Waals surface area contributed by atoms with E-state index in [9.17, 15) is 0 Å². The maximum atomic E-state index is 5.63. The molecule has 1 aliphatic heterocycles. The first kappa shape index (κ1) is 19.4. The number of nitrogens with one attached hydrogen (secondary N) is 2. The number of benzene rings is 1. The van der Waals surface area contributed by atoms with Crippen LogP contribution >= 0.6 is 27.3 Å². The molecule has 0 spiro atoms. The summed E-state index contributed by atoms with van der Waals surface area (Å²) in [7, 11) is 1.82. The van der Waals surface area contributed by atoms with Gasteiger partial charge in [-0.3, -0.25) is 4.99 Å². The number of hydrogen-bond acceptors (Lipinski definition) is 3. The van der Waals surface area contributed by atoms with E-state index in [1.807, 2.05) is 18.4 Å². The van der Waals surface area contributed by atoms with Crippen molar-refractivity contribution in [3.8, 4) is 0 Å². The quantitative estimate of drug-likeness (QED) is 0.545. The van der Waals surface area contributed by atoms with Crippen molar-refractivity contribution in [2.24, 2.45) is 4.99 Å². The number of aryl methyl sites for hydroxylation is 1. The number of aliphatic imine (C=N–C) groups is 1. The summed E-state index contributed by atoms with van der Waals surface area (Å²) in [6.45, 7) is 5.39. The smallest absolute Gasteiger partial charge is 0.191 e. The molecule has 2 aromatic rings. The molecule has 1 aliphatic rings. The fraction of sp³-hybridized carbons (Fsp3) is 0.450. The zero-order valence-corrected chi connectivity index (χ0v) is 17.8. The van der Waals surface area contributed by atoms with Crippen molar-refractivity contribution in [2.45, 2.75) is 31.7 Å². The Morgan fingerprint density at radius 1 is 1.15 bits per heavy atom. The van der Waals surface area contributed by atoms with E-state index in [-0.39, 0.29) is 5.41 Å². The van der Waals surface area contributed by atoms with Gasteiger partial charge in [0.25, 0.3) is 0 Å². The van der Waals surface area contributed by atoms with Gasteiger partial charge in [-0.2, -0.15) is 0 Å². The van der Waals surface area contributed by atoms with Gasteiger partial charge in [-0.15, -0.1) is 11.3 Å².